The number of nitrogens with two attached hydrogens (primary N) is 1. The van der Waals surface area contributed by atoms with Crippen molar-refractivity contribution in [2.24, 2.45) is 0 Å². The van der Waals surface area contributed by atoms with Crippen molar-refractivity contribution in [2.45, 2.75) is 71.0 Å². The summed E-state index contributed by atoms with van der Waals surface area (Å²) in [4.78, 5) is 22.4. The summed E-state index contributed by atoms with van der Waals surface area (Å²) in [6, 6.07) is 5.70. The van der Waals surface area contributed by atoms with E-state index in [-0.39, 0.29) is 18.6 Å². The summed E-state index contributed by atoms with van der Waals surface area (Å²) in [7, 11) is 1.64. The summed E-state index contributed by atoms with van der Waals surface area (Å²) in [6.45, 7) is 5.48. The van der Waals surface area contributed by atoms with Crippen molar-refractivity contribution in [3.05, 3.63) is 40.6 Å². The number of nitrogens with zero attached hydrogens (tertiary/aromatic N) is 3. The molecule has 1 aliphatic rings. The molecule has 34 heavy (non-hydrogen) atoms. The maximum atomic E-state index is 11.5. The summed E-state index contributed by atoms with van der Waals surface area (Å²) in [5.41, 5.74) is 9.68. The van der Waals surface area contributed by atoms with Gasteiger partial charge in [0, 0.05) is 36.9 Å². The van der Waals surface area contributed by atoms with Crippen LogP contribution >= 0.6 is 0 Å². The summed E-state index contributed by atoms with van der Waals surface area (Å²) in [6.07, 6.45) is 4.66. The van der Waals surface area contributed by atoms with Crippen molar-refractivity contribution in [3.63, 3.8) is 0 Å². The Morgan fingerprint density at radius 3 is 2.82 bits per heavy atom. The lowest BCUT2D eigenvalue weighted by Gasteiger charge is -2.22. The second-order valence-electron chi connectivity index (χ2n) is 8.93. The fourth-order valence-electron chi connectivity index (χ4n) is 4.69. The van der Waals surface area contributed by atoms with Crippen molar-refractivity contribution in [1.29, 1.82) is 0 Å². The zero-order valence-electron chi connectivity index (χ0n) is 20.4. The average Bonchev–Trinajstić information content (AvgIpc) is 3.25. The van der Waals surface area contributed by atoms with Crippen molar-refractivity contribution < 1.29 is 19.7 Å². The summed E-state index contributed by atoms with van der Waals surface area (Å²) in [5.74, 6) is 0.877. The quantitative estimate of drug-likeness (QED) is 0.368. The number of nitrogens with one attached hydrogen (secondary N) is 1. The first kappa shape index (κ1) is 25.7. The molecule has 1 saturated heterocycles. The normalized spacial score (nSPS) is 17.0. The number of aliphatic carboxylic acids is 1. The van der Waals surface area contributed by atoms with Gasteiger partial charge >= 0.3 is 5.97 Å². The predicted octanol–water partition coefficient (Wildman–Crippen LogP) is 2.98. The van der Waals surface area contributed by atoms with E-state index in [1.54, 1.807) is 7.11 Å². The number of hydrogen-bond acceptors (Lipinski definition) is 8. The Kier molecular flexibility index (Phi) is 9.06. The number of aliphatic hydroxyl groups excluding tert-OH is 1. The Bertz CT molecular complexity index is 978. The van der Waals surface area contributed by atoms with E-state index in [1.165, 1.54) is 0 Å². The fraction of sp³-hybridized carbons (Fsp3) is 0.560. The molecule has 0 bridgehead atoms. The van der Waals surface area contributed by atoms with Crippen LogP contribution in [0.15, 0.2) is 18.2 Å². The molecule has 186 valence electrons. The molecule has 0 aliphatic carbocycles. The number of aromatic nitrogens is 2. The number of nitrogen functional groups attached to an aromatic ring is 1. The monoisotopic (exact) mass is 471 g/mol. The van der Waals surface area contributed by atoms with E-state index < -0.39 is 12.0 Å². The number of carboxylic acids is 1. The molecule has 3 rings (SSSR count). The molecule has 2 heterocycles. The zero-order valence-corrected chi connectivity index (χ0v) is 20.4. The third-order valence-electron chi connectivity index (χ3n) is 6.44. The number of benzene rings is 1. The van der Waals surface area contributed by atoms with E-state index in [1.807, 2.05) is 30.0 Å². The van der Waals surface area contributed by atoms with Crippen LogP contribution in [-0.4, -0.2) is 63.4 Å². The Labute approximate surface area is 201 Å². The topological polar surface area (TPSA) is 134 Å². The van der Waals surface area contributed by atoms with Gasteiger partial charge in [-0.2, -0.15) is 4.98 Å². The Hall–Kier alpha value is -2.91. The number of ether oxygens (including phenoxy) is 1. The van der Waals surface area contributed by atoms with Gasteiger partial charge in [0.25, 0.3) is 0 Å². The number of rotatable bonds is 12. The van der Waals surface area contributed by atoms with Crippen LogP contribution in [0, 0.1) is 6.92 Å². The maximum absolute atomic E-state index is 11.5. The second-order valence-corrected chi connectivity index (χ2v) is 8.93. The van der Waals surface area contributed by atoms with Crippen LogP contribution in [0.2, 0.25) is 0 Å². The lowest BCUT2D eigenvalue weighted by molar-refractivity contribution is -0.142. The number of likely N-dealkylation sites (tertiary alicyclic amines) is 1. The molecular formula is C25H37N5O4. The van der Waals surface area contributed by atoms with Crippen LogP contribution in [0.5, 0.6) is 5.75 Å². The van der Waals surface area contributed by atoms with E-state index in [9.17, 15) is 15.0 Å². The summed E-state index contributed by atoms with van der Waals surface area (Å²) >= 11 is 0. The minimum Gasteiger partial charge on any atom is -0.496 e. The zero-order chi connectivity index (χ0) is 24.7. The number of hydrogen-bond donors (Lipinski definition) is 4. The highest BCUT2D eigenvalue weighted by Gasteiger charge is 2.30. The maximum Gasteiger partial charge on any atom is 0.320 e. The van der Waals surface area contributed by atoms with Gasteiger partial charge in [-0.1, -0.05) is 25.5 Å². The Morgan fingerprint density at radius 1 is 1.35 bits per heavy atom. The number of anilines is 2. The van der Waals surface area contributed by atoms with Crippen molar-refractivity contribution in [2.75, 3.05) is 31.3 Å². The van der Waals surface area contributed by atoms with Gasteiger partial charge in [-0.25, -0.2) is 4.98 Å². The fourth-order valence-corrected chi connectivity index (χ4v) is 4.69. The number of carboxylic acid groups (broad SMARTS) is 1. The molecule has 5 N–H and O–H groups in total. The average molecular weight is 472 g/mol. The van der Waals surface area contributed by atoms with Gasteiger partial charge < -0.3 is 26.0 Å². The molecule has 0 radical (unpaired) electrons. The highest BCUT2D eigenvalue weighted by molar-refractivity contribution is 5.73. The molecular weight excluding hydrogens is 434 g/mol. The van der Waals surface area contributed by atoms with Gasteiger partial charge in [-0.05, 0) is 56.3 Å². The van der Waals surface area contributed by atoms with Crippen LogP contribution in [0.25, 0.3) is 0 Å². The predicted molar refractivity (Wildman–Crippen MR) is 132 cm³/mol. The van der Waals surface area contributed by atoms with Crippen LogP contribution in [-0.2, 0) is 17.8 Å². The molecule has 2 atom stereocenters. The molecule has 1 aliphatic heterocycles. The molecule has 0 amide bonds. The van der Waals surface area contributed by atoms with Gasteiger partial charge in [0.2, 0.25) is 5.95 Å². The van der Waals surface area contributed by atoms with Gasteiger partial charge in [-0.3, -0.25) is 9.69 Å². The van der Waals surface area contributed by atoms with E-state index in [4.69, 9.17) is 10.5 Å². The van der Waals surface area contributed by atoms with E-state index in [0.29, 0.717) is 31.6 Å². The lowest BCUT2D eigenvalue weighted by atomic mass is 10.0. The van der Waals surface area contributed by atoms with Crippen LogP contribution in [0.3, 0.4) is 0 Å². The number of aryl methyl sites for hydroxylation is 1. The lowest BCUT2D eigenvalue weighted by Crippen LogP contribution is -2.35. The number of methoxy groups -OCH3 is 1. The van der Waals surface area contributed by atoms with Gasteiger partial charge in [0.05, 0.1) is 7.11 Å². The van der Waals surface area contributed by atoms with Crippen molar-refractivity contribution in [3.8, 4) is 5.75 Å². The van der Waals surface area contributed by atoms with E-state index in [2.05, 4.69) is 22.2 Å². The summed E-state index contributed by atoms with van der Waals surface area (Å²) < 4.78 is 5.70. The van der Waals surface area contributed by atoms with Gasteiger partial charge in [-0.15, -0.1) is 0 Å². The molecule has 1 fully saturated rings. The Balaban J connectivity index is 1.85. The third kappa shape index (κ3) is 6.36. The standard InChI is InChI=1S/C25H37N5O4/c1-4-6-19(10-12-31)28-23-20(16(2)27-25(26)29-23)14-18-9-8-17(13-22(18)34-3)15-30-11-5-7-21(30)24(32)33/h8-9,13,19,21,31H,4-7,10-12,14-15H2,1-3H3,(H,32,33)(H3,26,27,28,29). The largest absolute Gasteiger partial charge is 0.496 e. The van der Waals surface area contributed by atoms with Crippen molar-refractivity contribution in [1.82, 2.24) is 14.9 Å². The number of aliphatic hydroxyl groups is 1. The molecule has 0 saturated carbocycles. The third-order valence-corrected chi connectivity index (χ3v) is 6.44. The van der Waals surface area contributed by atoms with Crippen molar-refractivity contribution >= 4 is 17.7 Å². The van der Waals surface area contributed by atoms with Crippen LogP contribution in [0.4, 0.5) is 11.8 Å². The molecule has 2 aromatic rings. The molecule has 0 spiro atoms. The highest BCUT2D eigenvalue weighted by Crippen LogP contribution is 2.29. The van der Waals surface area contributed by atoms with Gasteiger partial charge in [0.15, 0.2) is 0 Å². The highest BCUT2D eigenvalue weighted by atomic mass is 16.5. The SMILES string of the molecule is CCCC(CCO)Nc1nc(N)nc(C)c1Cc1ccc(CN2CCCC2C(=O)O)cc1OC. The first-order valence-corrected chi connectivity index (χ1v) is 12.0. The first-order valence-electron chi connectivity index (χ1n) is 12.0. The number of carbonyl (C=O) groups is 1. The van der Waals surface area contributed by atoms with E-state index >= 15 is 0 Å². The van der Waals surface area contributed by atoms with Gasteiger partial charge in [0.1, 0.15) is 17.6 Å². The first-order chi connectivity index (χ1) is 16.4. The summed E-state index contributed by atoms with van der Waals surface area (Å²) in [5, 5.41) is 22.4. The molecule has 9 nitrogen and oxygen atoms in total. The molecule has 1 aromatic carbocycles. The minimum atomic E-state index is -0.762. The molecule has 9 heteroatoms. The van der Waals surface area contributed by atoms with E-state index in [0.717, 1.165) is 53.9 Å². The smallest absolute Gasteiger partial charge is 0.320 e. The van der Waals surface area contributed by atoms with Crippen LogP contribution < -0.4 is 15.8 Å². The Morgan fingerprint density at radius 2 is 2.15 bits per heavy atom. The van der Waals surface area contributed by atoms with Crippen LogP contribution in [0.1, 0.15) is 61.4 Å². The molecule has 1 aromatic heterocycles. The minimum absolute atomic E-state index is 0.0920. The second kappa shape index (κ2) is 12.0. The molecule has 2 unspecified atom stereocenters.